The average Bonchev–Trinajstić information content (AvgIpc) is 2.96. The Morgan fingerprint density at radius 2 is 0.744 bits per heavy atom. The number of aliphatic imine (C=N–C) groups is 1. The predicted octanol–water partition coefficient (Wildman–Crippen LogP) is 9.67. The van der Waals surface area contributed by atoms with E-state index in [1.807, 2.05) is 0 Å². The Kier molecular flexibility index (Phi) is 10.1. The summed E-state index contributed by atoms with van der Waals surface area (Å²) in [6.45, 7) is 20.6. The molecule has 43 heavy (non-hydrogen) atoms. The van der Waals surface area contributed by atoms with Crippen molar-refractivity contribution in [2.45, 2.75) is 65.6 Å². The van der Waals surface area contributed by atoms with E-state index in [0.717, 1.165) is 5.06 Å². The van der Waals surface area contributed by atoms with Crippen molar-refractivity contribution in [3.8, 4) is 0 Å². The summed E-state index contributed by atoms with van der Waals surface area (Å²) in [7, 11) is -9.51. The van der Waals surface area contributed by atoms with Gasteiger partial charge in [-0.3, -0.25) is 0 Å². The minimum Gasteiger partial charge on any atom is -0.324 e. The molecular weight excluding hydrogens is 593 g/mol. The summed E-state index contributed by atoms with van der Waals surface area (Å²) in [4.78, 5) is 5.23. The zero-order chi connectivity index (χ0) is 31.4. The molecule has 0 fully saturated rings. The molecule has 0 heterocycles. The fourth-order valence-corrected chi connectivity index (χ4v) is 23.2. The van der Waals surface area contributed by atoms with Crippen LogP contribution in [0.5, 0.6) is 0 Å². The Labute approximate surface area is 262 Å². The van der Waals surface area contributed by atoms with E-state index in [1.165, 1.54) is 21.2 Å². The van der Waals surface area contributed by atoms with Crippen molar-refractivity contribution in [2.75, 3.05) is 0 Å². The maximum Gasteiger partial charge on any atom is 0.171 e. The van der Waals surface area contributed by atoms with Gasteiger partial charge in [0.25, 0.3) is 0 Å². The minimum atomic E-state index is -2.68. The SMILES string of the molecule is CC(C)(C)N=C=C(P(=N[Si](C)(C)C)(c1ccccc1)c1ccccc1)P(=N[Si](C)(C)C)(c1ccccc1)c1ccccc1. The molecule has 0 aliphatic rings. The topological polar surface area (TPSA) is 37.1 Å². The normalized spacial score (nSPS) is 12.7. The molecule has 0 amide bonds. The maximum atomic E-state index is 6.10. The summed E-state index contributed by atoms with van der Waals surface area (Å²) in [5.41, 5.74) is -0.324. The second-order valence-corrected chi connectivity index (χ2v) is 30.0. The van der Waals surface area contributed by atoms with Crippen LogP contribution in [0.4, 0.5) is 0 Å². The number of nitrogens with zero attached hydrogens (tertiary/aromatic N) is 3. The number of hydrogen-bond acceptors (Lipinski definition) is 3. The largest absolute Gasteiger partial charge is 0.324 e. The molecule has 4 rings (SSSR count). The van der Waals surface area contributed by atoms with Crippen LogP contribution in [-0.2, 0) is 0 Å². The smallest absolute Gasteiger partial charge is 0.171 e. The average molecular weight is 640 g/mol. The standard InChI is InChI=1S/C36H47N3P2Si2/c1-36(2,3)37-30-35(40(38-42(4,5)6,31-22-14-10-15-23-31)32-24-16-11-17-25-32)41(39-43(7,8)9,33-26-18-12-19-27-33)34-28-20-13-21-29-34/h10-29H,1-9H3. The molecule has 0 atom stereocenters. The van der Waals surface area contributed by atoms with Gasteiger partial charge in [-0.25, -0.2) is 4.99 Å². The van der Waals surface area contributed by atoms with Crippen molar-refractivity contribution >= 4 is 57.7 Å². The lowest BCUT2D eigenvalue weighted by Gasteiger charge is -2.39. The van der Waals surface area contributed by atoms with Crippen LogP contribution in [0.2, 0.25) is 39.3 Å². The molecule has 0 radical (unpaired) electrons. The number of rotatable bonds is 8. The van der Waals surface area contributed by atoms with Gasteiger partial charge in [0.2, 0.25) is 0 Å². The molecular formula is C36H47N3P2Si2. The highest BCUT2D eigenvalue weighted by atomic mass is 31.2. The second kappa shape index (κ2) is 13.1. The monoisotopic (exact) mass is 639 g/mol. The molecule has 0 aliphatic heterocycles. The predicted molar refractivity (Wildman–Crippen MR) is 200 cm³/mol. The van der Waals surface area contributed by atoms with E-state index in [1.54, 1.807) is 0 Å². The van der Waals surface area contributed by atoms with E-state index in [0.29, 0.717) is 0 Å². The van der Waals surface area contributed by atoms with Crippen molar-refractivity contribution in [1.29, 1.82) is 0 Å². The Morgan fingerprint density at radius 3 is 0.953 bits per heavy atom. The van der Waals surface area contributed by atoms with Crippen molar-refractivity contribution in [2.24, 2.45) is 13.8 Å². The molecule has 0 unspecified atom stereocenters. The van der Waals surface area contributed by atoms with E-state index in [2.05, 4.69) is 187 Å². The van der Waals surface area contributed by atoms with Crippen molar-refractivity contribution in [3.63, 3.8) is 0 Å². The Hall–Kier alpha value is -2.78. The Morgan fingerprint density at radius 1 is 0.488 bits per heavy atom. The van der Waals surface area contributed by atoms with E-state index >= 15 is 0 Å². The van der Waals surface area contributed by atoms with Gasteiger partial charge in [-0.2, -0.15) is 0 Å². The Bertz CT molecular complexity index is 1490. The van der Waals surface area contributed by atoms with Crippen LogP contribution in [0.25, 0.3) is 0 Å². The van der Waals surface area contributed by atoms with E-state index in [-0.39, 0.29) is 5.54 Å². The first-order chi connectivity index (χ1) is 20.2. The quantitative estimate of drug-likeness (QED) is 0.105. The lowest BCUT2D eigenvalue weighted by Crippen LogP contribution is -2.30. The third-order valence-electron chi connectivity index (χ3n) is 6.52. The number of hydrogen-bond donors (Lipinski definition) is 0. The van der Waals surface area contributed by atoms with Gasteiger partial charge in [-0.05, 0) is 47.9 Å². The van der Waals surface area contributed by atoms with Crippen LogP contribution in [0, 0.1) is 0 Å². The highest BCUT2D eigenvalue weighted by Gasteiger charge is 2.43. The van der Waals surface area contributed by atoms with E-state index < -0.39 is 30.6 Å². The maximum absolute atomic E-state index is 6.10. The minimum absolute atomic E-state index is 0.324. The molecule has 0 aromatic heterocycles. The van der Waals surface area contributed by atoms with Crippen molar-refractivity contribution < 1.29 is 0 Å². The Balaban J connectivity index is 2.48. The molecule has 0 N–H and O–H groups in total. The van der Waals surface area contributed by atoms with Crippen LogP contribution in [0.15, 0.2) is 140 Å². The summed E-state index contributed by atoms with van der Waals surface area (Å²) >= 11 is 0. The zero-order valence-electron chi connectivity index (χ0n) is 27.3. The van der Waals surface area contributed by atoms with Crippen LogP contribution in [-0.4, -0.2) is 27.9 Å². The first kappa shape index (κ1) is 33.1. The van der Waals surface area contributed by atoms with E-state index in [9.17, 15) is 0 Å². The van der Waals surface area contributed by atoms with Gasteiger partial charge < -0.3 is 8.82 Å². The first-order valence-electron chi connectivity index (χ1n) is 15.0. The molecule has 0 spiro atoms. The van der Waals surface area contributed by atoms with Gasteiger partial charge in [0.1, 0.15) is 0 Å². The van der Waals surface area contributed by atoms with Gasteiger partial charge in [0.05, 0.1) is 24.7 Å². The van der Waals surface area contributed by atoms with E-state index in [4.69, 9.17) is 13.8 Å². The molecule has 4 aromatic carbocycles. The molecule has 0 aliphatic carbocycles. The van der Waals surface area contributed by atoms with Gasteiger partial charge in [-0.15, -0.1) is 0 Å². The molecule has 224 valence electrons. The zero-order valence-corrected chi connectivity index (χ0v) is 31.1. The first-order valence-corrected chi connectivity index (χ1v) is 25.4. The summed E-state index contributed by atoms with van der Waals surface area (Å²) in [5.74, 6) is 3.88. The second-order valence-electron chi connectivity index (χ2n) is 13.9. The van der Waals surface area contributed by atoms with Gasteiger partial charge in [-0.1, -0.05) is 161 Å². The van der Waals surface area contributed by atoms with Crippen LogP contribution in [0.1, 0.15) is 20.8 Å². The molecule has 7 heteroatoms. The molecule has 3 nitrogen and oxygen atoms in total. The fraction of sp³-hybridized carbons (Fsp3) is 0.278. The molecule has 0 saturated heterocycles. The highest BCUT2D eigenvalue weighted by molar-refractivity contribution is 8.03. The highest BCUT2D eigenvalue weighted by Crippen LogP contribution is 2.72. The molecule has 4 aromatic rings. The van der Waals surface area contributed by atoms with Crippen molar-refractivity contribution in [3.05, 3.63) is 126 Å². The summed E-state index contributed by atoms with van der Waals surface area (Å²) < 4.78 is 12.2. The third-order valence-corrected chi connectivity index (χ3v) is 21.1. The third kappa shape index (κ3) is 7.85. The van der Waals surface area contributed by atoms with Gasteiger partial charge in [0.15, 0.2) is 16.5 Å². The summed E-state index contributed by atoms with van der Waals surface area (Å²) in [6.07, 6.45) is 0. The van der Waals surface area contributed by atoms with Crippen LogP contribution < -0.4 is 21.2 Å². The molecule has 0 saturated carbocycles. The van der Waals surface area contributed by atoms with Crippen LogP contribution >= 0.6 is 14.1 Å². The molecule has 0 bridgehead atoms. The lowest BCUT2D eigenvalue weighted by atomic mass is 10.1. The van der Waals surface area contributed by atoms with Crippen LogP contribution in [0.3, 0.4) is 0 Å². The van der Waals surface area contributed by atoms with Crippen molar-refractivity contribution in [1.82, 2.24) is 0 Å². The van der Waals surface area contributed by atoms with Gasteiger partial charge in [0, 0.05) is 0 Å². The summed E-state index contributed by atoms with van der Waals surface area (Å²) in [6, 6.07) is 43.9. The van der Waals surface area contributed by atoms with Gasteiger partial charge >= 0.3 is 0 Å². The fourth-order valence-electron chi connectivity index (χ4n) is 5.16. The lowest BCUT2D eigenvalue weighted by molar-refractivity contribution is 0.588. The summed E-state index contributed by atoms with van der Waals surface area (Å²) in [5, 5.41) is 6.10. The number of benzene rings is 4.